The molecule has 0 radical (unpaired) electrons. The van der Waals surface area contributed by atoms with Crippen molar-refractivity contribution in [2.45, 2.75) is 4.90 Å². The molecular formula is C17H15NO5S. The van der Waals surface area contributed by atoms with E-state index in [0.29, 0.717) is 17.0 Å². The molecule has 124 valence electrons. The predicted molar refractivity (Wildman–Crippen MR) is 89.2 cm³/mol. The summed E-state index contributed by atoms with van der Waals surface area (Å²) in [5, 5.41) is 2.58. The second kappa shape index (κ2) is 6.01. The Kier molecular flexibility index (Phi) is 4.02. The van der Waals surface area contributed by atoms with Crippen molar-refractivity contribution < 1.29 is 22.7 Å². The van der Waals surface area contributed by atoms with Crippen molar-refractivity contribution in [1.29, 1.82) is 0 Å². The first-order valence-corrected chi connectivity index (χ1v) is 8.55. The van der Waals surface area contributed by atoms with E-state index in [4.69, 9.17) is 9.47 Å². The van der Waals surface area contributed by atoms with Crippen LogP contribution >= 0.6 is 0 Å². The standard InChI is InChI=1S/C17H15NO5S/c1-22-12-9-7-11(8-10-12)18-17(19)16-15(23-2)13-5-3-4-6-14(13)24(16,20)21/h3-10H,1-2H3,(H,18,19). The maximum Gasteiger partial charge on any atom is 0.271 e. The van der Waals surface area contributed by atoms with Crippen molar-refractivity contribution >= 4 is 27.2 Å². The van der Waals surface area contributed by atoms with E-state index in [2.05, 4.69) is 5.32 Å². The van der Waals surface area contributed by atoms with Crippen LogP contribution in [-0.4, -0.2) is 28.5 Å². The average molecular weight is 345 g/mol. The van der Waals surface area contributed by atoms with Crippen LogP contribution in [0.4, 0.5) is 5.69 Å². The summed E-state index contributed by atoms with van der Waals surface area (Å²) in [6.45, 7) is 0. The Hall–Kier alpha value is -2.80. The van der Waals surface area contributed by atoms with Crippen molar-refractivity contribution in [3.63, 3.8) is 0 Å². The van der Waals surface area contributed by atoms with Crippen LogP contribution in [0.15, 0.2) is 58.3 Å². The molecule has 0 saturated heterocycles. The van der Waals surface area contributed by atoms with Gasteiger partial charge in [0, 0.05) is 11.3 Å². The first-order chi connectivity index (χ1) is 11.5. The molecule has 24 heavy (non-hydrogen) atoms. The van der Waals surface area contributed by atoms with Crippen LogP contribution in [0, 0.1) is 0 Å². The first kappa shape index (κ1) is 16.1. The summed E-state index contributed by atoms with van der Waals surface area (Å²) in [6, 6.07) is 12.9. The summed E-state index contributed by atoms with van der Waals surface area (Å²) >= 11 is 0. The van der Waals surface area contributed by atoms with Gasteiger partial charge in [0.2, 0.25) is 9.84 Å². The zero-order valence-electron chi connectivity index (χ0n) is 13.1. The zero-order valence-corrected chi connectivity index (χ0v) is 13.9. The summed E-state index contributed by atoms with van der Waals surface area (Å²) in [4.78, 5) is 12.2. The van der Waals surface area contributed by atoms with Gasteiger partial charge in [-0.25, -0.2) is 8.42 Å². The van der Waals surface area contributed by atoms with Crippen LogP contribution in [0.5, 0.6) is 5.75 Å². The third-order valence-corrected chi connectivity index (χ3v) is 5.50. The van der Waals surface area contributed by atoms with Crippen molar-refractivity contribution in [3.05, 3.63) is 59.0 Å². The lowest BCUT2D eigenvalue weighted by molar-refractivity contribution is -0.112. The maximum absolute atomic E-state index is 12.7. The molecule has 0 spiro atoms. The van der Waals surface area contributed by atoms with Gasteiger partial charge in [-0.3, -0.25) is 4.79 Å². The van der Waals surface area contributed by atoms with Crippen molar-refractivity contribution in [2.24, 2.45) is 0 Å². The van der Waals surface area contributed by atoms with Crippen molar-refractivity contribution in [1.82, 2.24) is 0 Å². The number of hydrogen-bond donors (Lipinski definition) is 1. The second-order valence-electron chi connectivity index (χ2n) is 5.04. The van der Waals surface area contributed by atoms with E-state index in [0.717, 1.165) is 0 Å². The van der Waals surface area contributed by atoms with E-state index in [9.17, 15) is 13.2 Å². The van der Waals surface area contributed by atoms with E-state index in [1.54, 1.807) is 42.5 Å². The third-order valence-electron chi connectivity index (χ3n) is 3.65. The van der Waals surface area contributed by atoms with Crippen molar-refractivity contribution in [3.8, 4) is 5.75 Å². The van der Waals surface area contributed by atoms with Gasteiger partial charge in [-0.1, -0.05) is 12.1 Å². The van der Waals surface area contributed by atoms with Crippen LogP contribution in [0.25, 0.3) is 5.76 Å². The highest BCUT2D eigenvalue weighted by molar-refractivity contribution is 7.97. The van der Waals surface area contributed by atoms with E-state index in [1.165, 1.54) is 20.3 Å². The topological polar surface area (TPSA) is 81.7 Å². The van der Waals surface area contributed by atoms with Crippen LogP contribution in [0.2, 0.25) is 0 Å². The third kappa shape index (κ3) is 2.52. The van der Waals surface area contributed by atoms with Gasteiger partial charge in [-0.15, -0.1) is 0 Å². The number of rotatable bonds is 4. The summed E-state index contributed by atoms with van der Waals surface area (Å²) in [5.74, 6) is -0.0597. The van der Waals surface area contributed by atoms with Gasteiger partial charge in [-0.2, -0.15) is 0 Å². The van der Waals surface area contributed by atoms with Gasteiger partial charge in [-0.05, 0) is 36.4 Å². The van der Waals surface area contributed by atoms with E-state index in [-0.39, 0.29) is 15.6 Å². The minimum atomic E-state index is -3.92. The largest absolute Gasteiger partial charge is 0.497 e. The number of ether oxygens (including phenoxy) is 2. The highest BCUT2D eigenvalue weighted by Gasteiger charge is 2.40. The molecule has 1 N–H and O–H groups in total. The molecule has 0 aromatic heterocycles. The molecule has 1 heterocycles. The van der Waals surface area contributed by atoms with Gasteiger partial charge in [0.15, 0.2) is 10.7 Å². The molecule has 0 atom stereocenters. The van der Waals surface area contributed by atoms with E-state index < -0.39 is 15.7 Å². The number of methoxy groups -OCH3 is 2. The molecule has 6 nitrogen and oxygen atoms in total. The zero-order chi connectivity index (χ0) is 17.3. The lowest BCUT2D eigenvalue weighted by Crippen LogP contribution is -2.19. The fourth-order valence-corrected chi connectivity index (χ4v) is 4.19. The molecule has 0 saturated carbocycles. The number of benzene rings is 2. The quantitative estimate of drug-likeness (QED) is 0.920. The number of hydrogen-bond acceptors (Lipinski definition) is 5. The van der Waals surface area contributed by atoms with Crippen LogP contribution in [0.1, 0.15) is 5.56 Å². The predicted octanol–water partition coefficient (Wildman–Crippen LogP) is 2.44. The molecule has 0 fully saturated rings. The smallest absolute Gasteiger partial charge is 0.271 e. The Morgan fingerprint density at radius 2 is 1.62 bits per heavy atom. The number of carbonyl (C=O) groups is 1. The molecule has 1 aliphatic heterocycles. The lowest BCUT2D eigenvalue weighted by atomic mass is 10.2. The molecule has 1 amide bonds. The molecular weight excluding hydrogens is 330 g/mol. The Morgan fingerprint density at radius 1 is 0.958 bits per heavy atom. The summed E-state index contributed by atoms with van der Waals surface area (Å²) < 4.78 is 35.6. The van der Waals surface area contributed by atoms with E-state index >= 15 is 0 Å². The molecule has 7 heteroatoms. The van der Waals surface area contributed by atoms with Gasteiger partial charge >= 0.3 is 0 Å². The Bertz CT molecular complexity index is 930. The molecule has 1 aliphatic rings. The highest BCUT2D eigenvalue weighted by Crippen LogP contribution is 2.39. The van der Waals surface area contributed by atoms with Crippen molar-refractivity contribution in [2.75, 3.05) is 19.5 Å². The first-order valence-electron chi connectivity index (χ1n) is 7.07. The number of nitrogens with one attached hydrogen (secondary N) is 1. The van der Waals surface area contributed by atoms with Gasteiger partial charge in [0.25, 0.3) is 5.91 Å². The van der Waals surface area contributed by atoms with Gasteiger partial charge in [0.05, 0.1) is 19.1 Å². The molecule has 0 aliphatic carbocycles. The molecule has 0 unspecified atom stereocenters. The molecule has 0 bridgehead atoms. The molecule has 3 rings (SSSR count). The minimum Gasteiger partial charge on any atom is -0.497 e. The van der Waals surface area contributed by atoms with Crippen LogP contribution in [0.3, 0.4) is 0 Å². The summed E-state index contributed by atoms with van der Waals surface area (Å²) in [6.07, 6.45) is 0. The second-order valence-corrected chi connectivity index (χ2v) is 6.90. The van der Waals surface area contributed by atoms with Gasteiger partial charge < -0.3 is 14.8 Å². The summed E-state index contributed by atoms with van der Waals surface area (Å²) in [7, 11) is -1.05. The number of sulfone groups is 1. The monoisotopic (exact) mass is 345 g/mol. The number of anilines is 1. The number of carbonyl (C=O) groups excluding carboxylic acids is 1. The lowest BCUT2D eigenvalue weighted by Gasteiger charge is -2.08. The Morgan fingerprint density at radius 3 is 2.25 bits per heavy atom. The summed E-state index contributed by atoms with van der Waals surface area (Å²) in [5.41, 5.74) is 0.842. The SMILES string of the molecule is COC1=C(C(=O)Nc2ccc(OC)cc2)S(=O)(=O)c2ccccc21. The fourth-order valence-electron chi connectivity index (χ4n) is 2.53. The maximum atomic E-state index is 12.7. The minimum absolute atomic E-state index is 0.0524. The average Bonchev–Trinajstić information content (AvgIpc) is 2.83. The molecule has 2 aromatic rings. The molecule has 2 aromatic carbocycles. The number of fused-ring (bicyclic) bond motifs is 1. The van der Waals surface area contributed by atoms with Gasteiger partial charge in [0.1, 0.15) is 5.75 Å². The number of amides is 1. The normalized spacial score (nSPS) is 14.9. The van der Waals surface area contributed by atoms with Crippen LogP contribution < -0.4 is 10.1 Å². The van der Waals surface area contributed by atoms with Crippen LogP contribution in [-0.2, 0) is 19.4 Å². The fraction of sp³-hybridized carbons (Fsp3) is 0.118. The highest BCUT2D eigenvalue weighted by atomic mass is 32.2. The van der Waals surface area contributed by atoms with E-state index in [1.807, 2.05) is 0 Å². The Balaban J connectivity index is 1.99. The Labute approximate surface area is 139 Å².